The average molecular weight is 409 g/mol. The van der Waals surface area contributed by atoms with E-state index < -0.39 is 19.7 Å². The number of aliphatic imine (C=N–C) groups is 1. The summed E-state index contributed by atoms with van der Waals surface area (Å²) in [6.07, 6.45) is 11.7. The second kappa shape index (κ2) is 15.3. The maximum Gasteiger partial charge on any atom is 0.125 e. The van der Waals surface area contributed by atoms with Crippen molar-refractivity contribution in [3.63, 3.8) is 0 Å². The average Bonchev–Trinajstić information content (AvgIpc) is 2.60. The number of hydrogen-bond acceptors (Lipinski definition) is 2. The lowest BCUT2D eigenvalue weighted by atomic mass is 10.1. The van der Waals surface area contributed by atoms with Gasteiger partial charge in [0.15, 0.2) is 0 Å². The summed E-state index contributed by atoms with van der Waals surface area (Å²) in [6.45, 7) is 17.2. The first kappa shape index (κ1) is 26.4. The zero-order chi connectivity index (χ0) is 21.5. The van der Waals surface area contributed by atoms with E-state index in [1.807, 2.05) is 6.92 Å². The predicted octanol–water partition coefficient (Wildman–Crippen LogP) is 7.55. The molecule has 28 heavy (non-hydrogen) atoms. The molecule has 0 aliphatic rings. The van der Waals surface area contributed by atoms with Crippen LogP contribution in [0.2, 0.25) is 0 Å². The first-order valence-electron chi connectivity index (χ1n) is 9.60. The minimum atomic E-state index is -0.785. The molecule has 5 heteroatoms. The zero-order valence-electron chi connectivity index (χ0n) is 18.1. The van der Waals surface area contributed by atoms with E-state index in [1.54, 1.807) is 6.08 Å². The predicted molar refractivity (Wildman–Crippen MR) is 124 cm³/mol. The van der Waals surface area contributed by atoms with Crippen LogP contribution in [0.4, 0.5) is 8.78 Å². The number of nitrogens with zero attached hydrogens (tertiary/aromatic N) is 1. The van der Waals surface area contributed by atoms with Crippen LogP contribution in [0.3, 0.4) is 0 Å². The molecule has 1 N–H and O–H groups in total. The lowest BCUT2D eigenvalue weighted by Crippen LogP contribution is -2.11. The Morgan fingerprint density at radius 3 is 2.36 bits per heavy atom. The Morgan fingerprint density at radius 2 is 1.82 bits per heavy atom. The van der Waals surface area contributed by atoms with Gasteiger partial charge in [0, 0.05) is 20.7 Å². The summed E-state index contributed by atoms with van der Waals surface area (Å²) in [4.78, 5) is 4.79. The summed E-state index contributed by atoms with van der Waals surface area (Å²) in [5.74, 6) is -1.41. The van der Waals surface area contributed by atoms with Crippen LogP contribution in [0.15, 0.2) is 76.4 Å². The number of unbranched alkanes of at least 4 members (excludes halogenated alkanes) is 1. The standard InChI is InChI=1S/C23H35F2N2P/c1-8-21(15-18(3)4)19(5)16-23(28(7)27-9-2)26-14-12-10-11-13-22(25)17-20(6)24/h8,11,13,15-17,27H,6,9-10,12,14H2,1-5,7H3/b13-11-,19-16+,21-8+,22-17+,26-23?. The van der Waals surface area contributed by atoms with Crippen LogP contribution in [0.1, 0.15) is 47.5 Å². The van der Waals surface area contributed by atoms with Crippen molar-refractivity contribution in [2.45, 2.75) is 47.5 Å². The highest BCUT2D eigenvalue weighted by atomic mass is 31.1. The van der Waals surface area contributed by atoms with Gasteiger partial charge in [-0.25, -0.2) is 8.78 Å². The zero-order valence-corrected chi connectivity index (χ0v) is 19.0. The van der Waals surface area contributed by atoms with E-state index in [0.29, 0.717) is 13.0 Å². The molecule has 0 aromatic carbocycles. The number of allylic oxidation sites excluding steroid dienone is 11. The Balaban J connectivity index is 5.12. The number of hydrogen-bond donors (Lipinski definition) is 1. The van der Waals surface area contributed by atoms with Crippen molar-refractivity contribution >= 4 is 13.5 Å². The fourth-order valence-electron chi connectivity index (χ4n) is 2.38. The lowest BCUT2D eigenvalue weighted by Gasteiger charge is -2.15. The van der Waals surface area contributed by atoms with E-state index in [1.165, 1.54) is 22.8 Å². The molecule has 0 radical (unpaired) electrons. The molecule has 1 unspecified atom stereocenters. The fourth-order valence-corrected chi connectivity index (χ4v) is 3.71. The third-order valence-electron chi connectivity index (χ3n) is 3.67. The Kier molecular flexibility index (Phi) is 14.4. The van der Waals surface area contributed by atoms with E-state index >= 15 is 0 Å². The maximum atomic E-state index is 13.2. The van der Waals surface area contributed by atoms with Crippen LogP contribution in [-0.2, 0) is 0 Å². The summed E-state index contributed by atoms with van der Waals surface area (Å²) in [6, 6.07) is 0. The molecule has 0 bridgehead atoms. The summed E-state index contributed by atoms with van der Waals surface area (Å²) >= 11 is 0. The van der Waals surface area contributed by atoms with Gasteiger partial charge in [0.05, 0.1) is 5.45 Å². The van der Waals surface area contributed by atoms with Gasteiger partial charge in [-0.15, -0.1) is 0 Å². The molecule has 0 fully saturated rings. The molecular weight excluding hydrogens is 373 g/mol. The minimum Gasteiger partial charge on any atom is -0.291 e. The molecule has 0 spiro atoms. The summed E-state index contributed by atoms with van der Waals surface area (Å²) in [7, 11) is -0.534. The lowest BCUT2D eigenvalue weighted by molar-refractivity contribution is 0.632. The Hall–Kier alpha value is -1.64. The van der Waals surface area contributed by atoms with Crippen molar-refractivity contribution in [3.8, 4) is 0 Å². The van der Waals surface area contributed by atoms with E-state index in [2.05, 4.69) is 64.3 Å². The Morgan fingerprint density at radius 1 is 1.14 bits per heavy atom. The highest BCUT2D eigenvalue weighted by molar-refractivity contribution is 7.73. The van der Waals surface area contributed by atoms with Crippen molar-refractivity contribution in [1.29, 1.82) is 0 Å². The Labute approximate surface area is 171 Å². The summed E-state index contributed by atoms with van der Waals surface area (Å²) in [5, 5.41) is 3.47. The van der Waals surface area contributed by atoms with Crippen LogP contribution < -0.4 is 5.09 Å². The maximum absolute atomic E-state index is 13.2. The minimum absolute atomic E-state index is 0.534. The molecule has 2 nitrogen and oxygen atoms in total. The van der Waals surface area contributed by atoms with Gasteiger partial charge in [-0.3, -0.25) is 10.1 Å². The van der Waals surface area contributed by atoms with Gasteiger partial charge in [-0.05, 0) is 77.0 Å². The number of nitrogens with one attached hydrogen (secondary N) is 1. The molecule has 156 valence electrons. The van der Waals surface area contributed by atoms with Crippen molar-refractivity contribution in [2.24, 2.45) is 4.99 Å². The van der Waals surface area contributed by atoms with Crippen LogP contribution in [-0.4, -0.2) is 25.2 Å². The number of halogens is 2. The SMILES string of the molecule is C=C(F)/C=C(F)\C=C/CCCN=C(/C=C(C)/C(C=C(C)C)=C/C)P(C)NCC. The normalized spacial score (nSPS) is 15.1. The van der Waals surface area contributed by atoms with E-state index in [-0.39, 0.29) is 0 Å². The van der Waals surface area contributed by atoms with Gasteiger partial charge < -0.3 is 0 Å². The third kappa shape index (κ3) is 12.7. The van der Waals surface area contributed by atoms with Crippen molar-refractivity contribution in [3.05, 3.63) is 71.4 Å². The fraction of sp³-hybridized carbons (Fsp3) is 0.435. The van der Waals surface area contributed by atoms with Crippen LogP contribution in [0, 0.1) is 0 Å². The largest absolute Gasteiger partial charge is 0.291 e. The quantitative estimate of drug-likeness (QED) is 0.153. The van der Waals surface area contributed by atoms with Crippen LogP contribution >= 0.6 is 8.07 Å². The van der Waals surface area contributed by atoms with Crippen LogP contribution in [0.25, 0.3) is 0 Å². The van der Waals surface area contributed by atoms with Gasteiger partial charge in [0.25, 0.3) is 0 Å². The molecule has 0 aliphatic carbocycles. The summed E-state index contributed by atoms with van der Waals surface area (Å²) in [5.41, 5.74) is 4.72. The first-order chi connectivity index (χ1) is 13.2. The molecule has 0 aromatic rings. The van der Waals surface area contributed by atoms with Crippen LogP contribution in [0.5, 0.6) is 0 Å². The summed E-state index contributed by atoms with van der Waals surface area (Å²) < 4.78 is 25.7. The molecule has 0 saturated heterocycles. The second-order valence-corrected chi connectivity index (χ2v) is 8.52. The van der Waals surface area contributed by atoms with Gasteiger partial charge in [-0.2, -0.15) is 0 Å². The van der Waals surface area contributed by atoms with E-state index in [0.717, 1.165) is 24.5 Å². The van der Waals surface area contributed by atoms with Gasteiger partial charge in [0.1, 0.15) is 11.7 Å². The molecule has 0 heterocycles. The van der Waals surface area contributed by atoms with Crippen molar-refractivity contribution in [2.75, 3.05) is 19.8 Å². The monoisotopic (exact) mass is 408 g/mol. The molecule has 0 saturated carbocycles. The third-order valence-corrected chi connectivity index (χ3v) is 5.42. The molecule has 0 rings (SSSR count). The van der Waals surface area contributed by atoms with Gasteiger partial charge >= 0.3 is 0 Å². The van der Waals surface area contributed by atoms with E-state index in [9.17, 15) is 8.78 Å². The van der Waals surface area contributed by atoms with Gasteiger partial charge in [-0.1, -0.05) is 37.3 Å². The van der Waals surface area contributed by atoms with Gasteiger partial charge in [0.2, 0.25) is 0 Å². The number of rotatable bonds is 12. The molecule has 0 aromatic heterocycles. The van der Waals surface area contributed by atoms with Crippen molar-refractivity contribution < 1.29 is 8.78 Å². The molecule has 0 aliphatic heterocycles. The highest BCUT2D eigenvalue weighted by Crippen LogP contribution is 2.30. The van der Waals surface area contributed by atoms with E-state index in [4.69, 9.17) is 4.99 Å². The Bertz CT molecular complexity index is 679. The molecular formula is C23H35F2N2P. The smallest absolute Gasteiger partial charge is 0.125 e. The molecule has 1 atom stereocenters. The second-order valence-electron chi connectivity index (χ2n) is 6.62. The van der Waals surface area contributed by atoms with Crippen molar-refractivity contribution in [1.82, 2.24) is 5.09 Å². The highest BCUT2D eigenvalue weighted by Gasteiger charge is 2.08. The first-order valence-corrected chi connectivity index (χ1v) is 11.4. The topological polar surface area (TPSA) is 24.4 Å². The molecule has 0 amide bonds.